The van der Waals surface area contributed by atoms with Crippen LogP contribution in [0.2, 0.25) is 0 Å². The van der Waals surface area contributed by atoms with Crippen molar-refractivity contribution < 1.29 is 0 Å². The van der Waals surface area contributed by atoms with Crippen LogP contribution in [-0.4, -0.2) is 14.5 Å². The first-order valence-electron chi connectivity index (χ1n) is 19.8. The Morgan fingerprint density at radius 1 is 0.500 bits per heavy atom. The maximum atomic E-state index is 5.45. The normalized spacial score (nSPS) is 12.9. The van der Waals surface area contributed by atoms with E-state index in [1.165, 1.54) is 65.7 Å². The zero-order valence-corrected chi connectivity index (χ0v) is 32.0. The zero-order chi connectivity index (χ0) is 38.7. The van der Waals surface area contributed by atoms with Gasteiger partial charge in [-0.2, -0.15) is 0 Å². The standard InChI is InChI=1S/C55H37N3/c1-3-36(42-31-30-37-16-10-11-21-41(37)34-42)29-28-35(2)54-55(57-46-26-13-12-25-45(46)56-54)58-47-27-15-24-44-50(39-19-8-5-9-20-39)49(38-17-6-4-7-18-38)43-23-14-22-40-32-33-48(58)53(51(40)43)52(44)47/h3-34H,2H2,1H3/b29-28-,36-3+. The van der Waals surface area contributed by atoms with E-state index >= 15 is 0 Å². The number of aromatic nitrogens is 3. The molecule has 272 valence electrons. The Kier molecular flexibility index (Phi) is 7.87. The van der Waals surface area contributed by atoms with Gasteiger partial charge in [-0.05, 0) is 109 Å². The highest BCUT2D eigenvalue weighted by Gasteiger charge is 2.29. The molecule has 0 saturated carbocycles. The number of hydrogen-bond acceptors (Lipinski definition) is 2. The highest BCUT2D eigenvalue weighted by molar-refractivity contribution is 6.31. The van der Waals surface area contributed by atoms with Crippen LogP contribution in [0.15, 0.2) is 201 Å². The summed E-state index contributed by atoms with van der Waals surface area (Å²) in [5.74, 6) is 0.754. The van der Waals surface area contributed by atoms with Crippen LogP contribution in [0.5, 0.6) is 0 Å². The lowest BCUT2D eigenvalue weighted by atomic mass is 9.85. The lowest BCUT2D eigenvalue weighted by molar-refractivity contribution is 1.06. The molecule has 1 aliphatic rings. The van der Waals surface area contributed by atoms with E-state index in [1.54, 1.807) is 0 Å². The molecule has 3 heteroatoms. The fourth-order valence-electron chi connectivity index (χ4n) is 9.01. The van der Waals surface area contributed by atoms with Crippen LogP contribution in [0.3, 0.4) is 0 Å². The largest absolute Gasteiger partial charge is 0.292 e. The van der Waals surface area contributed by atoms with Crippen LogP contribution in [0, 0.1) is 0 Å². The van der Waals surface area contributed by atoms with Gasteiger partial charge in [-0.3, -0.25) is 4.57 Å². The predicted molar refractivity (Wildman–Crippen MR) is 245 cm³/mol. The van der Waals surface area contributed by atoms with Gasteiger partial charge >= 0.3 is 0 Å². The molecule has 0 bridgehead atoms. The molecule has 2 heterocycles. The van der Waals surface area contributed by atoms with E-state index in [4.69, 9.17) is 9.97 Å². The fourth-order valence-corrected chi connectivity index (χ4v) is 9.01. The Labute approximate surface area is 336 Å². The molecule has 3 nitrogen and oxygen atoms in total. The number of benzene rings is 8. The summed E-state index contributed by atoms with van der Waals surface area (Å²) >= 11 is 0. The molecule has 0 fully saturated rings. The van der Waals surface area contributed by atoms with Gasteiger partial charge in [0.05, 0.1) is 22.1 Å². The molecule has 0 amide bonds. The smallest absolute Gasteiger partial charge is 0.165 e. The number of allylic oxidation sites excluding steroid dienone is 5. The van der Waals surface area contributed by atoms with Crippen molar-refractivity contribution in [1.82, 2.24) is 14.5 Å². The van der Waals surface area contributed by atoms with E-state index < -0.39 is 0 Å². The lowest BCUT2D eigenvalue weighted by Crippen LogP contribution is -2.06. The minimum atomic E-state index is 0.738. The second-order valence-corrected chi connectivity index (χ2v) is 14.9. The van der Waals surface area contributed by atoms with Crippen LogP contribution >= 0.6 is 0 Å². The SMILES string of the molecule is C=C(/C=C\C(=C/C)c1ccc2ccccc2c1)c1nc2ccccc2nc1-n1c2cccc3c2c2c4c(cccc4ccc21)C(c1ccccc1)=C3c1ccccc1. The Balaban J connectivity index is 1.18. The first-order valence-corrected chi connectivity index (χ1v) is 19.8. The Bertz CT molecular complexity index is 3400. The summed E-state index contributed by atoms with van der Waals surface area (Å²) < 4.78 is 2.33. The highest BCUT2D eigenvalue weighted by atomic mass is 15.1. The third-order valence-electron chi connectivity index (χ3n) is 11.6. The lowest BCUT2D eigenvalue weighted by Gasteiger charge is -2.19. The molecule has 0 radical (unpaired) electrons. The molecule has 8 aromatic carbocycles. The van der Waals surface area contributed by atoms with Gasteiger partial charge in [0, 0.05) is 10.8 Å². The second-order valence-electron chi connectivity index (χ2n) is 14.9. The van der Waals surface area contributed by atoms with Gasteiger partial charge in [-0.15, -0.1) is 0 Å². The molecule has 0 aliphatic heterocycles. The van der Waals surface area contributed by atoms with Crippen LogP contribution in [0.25, 0.3) is 82.5 Å². The number of rotatable bonds is 7. The number of fused-ring (bicyclic) bond motifs is 2. The van der Waals surface area contributed by atoms with Crippen LogP contribution < -0.4 is 0 Å². The average molecular weight is 740 g/mol. The van der Waals surface area contributed by atoms with Crippen molar-refractivity contribution in [2.45, 2.75) is 6.92 Å². The van der Waals surface area contributed by atoms with E-state index in [-0.39, 0.29) is 0 Å². The summed E-state index contributed by atoms with van der Waals surface area (Å²) in [6, 6.07) is 62.9. The minimum Gasteiger partial charge on any atom is -0.292 e. The molecule has 0 spiro atoms. The molecule has 0 N–H and O–H groups in total. The van der Waals surface area contributed by atoms with E-state index in [1.807, 2.05) is 24.3 Å². The maximum absolute atomic E-state index is 5.45. The van der Waals surface area contributed by atoms with Crippen molar-refractivity contribution >= 4 is 76.7 Å². The summed E-state index contributed by atoms with van der Waals surface area (Å²) in [6.45, 7) is 6.74. The van der Waals surface area contributed by atoms with E-state index in [9.17, 15) is 0 Å². The molecule has 58 heavy (non-hydrogen) atoms. The van der Waals surface area contributed by atoms with Gasteiger partial charge in [0.15, 0.2) is 5.82 Å². The summed E-state index contributed by atoms with van der Waals surface area (Å²) in [5.41, 5.74) is 14.8. The van der Waals surface area contributed by atoms with Gasteiger partial charge in [-0.1, -0.05) is 170 Å². The van der Waals surface area contributed by atoms with Gasteiger partial charge in [-0.25, -0.2) is 9.97 Å². The zero-order valence-electron chi connectivity index (χ0n) is 32.0. The van der Waals surface area contributed by atoms with Gasteiger partial charge in [0.2, 0.25) is 0 Å². The van der Waals surface area contributed by atoms with Crippen molar-refractivity contribution in [1.29, 1.82) is 0 Å². The second kappa shape index (κ2) is 13.5. The fraction of sp³-hybridized carbons (Fsp3) is 0.0182. The van der Waals surface area contributed by atoms with Gasteiger partial charge in [0.1, 0.15) is 5.69 Å². The summed E-state index contributed by atoms with van der Waals surface area (Å²) in [7, 11) is 0. The van der Waals surface area contributed by atoms with Crippen LogP contribution in [0.1, 0.15) is 40.4 Å². The summed E-state index contributed by atoms with van der Waals surface area (Å²) in [6.07, 6.45) is 6.39. The Morgan fingerprint density at radius 3 is 1.81 bits per heavy atom. The monoisotopic (exact) mass is 739 g/mol. The first kappa shape index (κ1) is 33.7. The summed E-state index contributed by atoms with van der Waals surface area (Å²) in [4.78, 5) is 10.8. The van der Waals surface area contributed by atoms with Crippen LogP contribution in [0.4, 0.5) is 0 Å². The third-order valence-corrected chi connectivity index (χ3v) is 11.6. The molecule has 0 saturated heterocycles. The molecule has 0 unspecified atom stereocenters. The van der Waals surface area contributed by atoms with Crippen molar-refractivity contribution in [2.24, 2.45) is 0 Å². The van der Waals surface area contributed by atoms with Crippen molar-refractivity contribution in [3.8, 4) is 5.82 Å². The maximum Gasteiger partial charge on any atom is 0.165 e. The quantitative estimate of drug-likeness (QED) is 0.152. The molecular formula is C55H37N3. The van der Waals surface area contributed by atoms with Gasteiger partial charge in [0.25, 0.3) is 0 Å². The first-order chi connectivity index (χ1) is 28.7. The Hall–Kier alpha value is -7.62. The molecule has 2 aromatic heterocycles. The molecule has 10 aromatic rings. The minimum absolute atomic E-state index is 0.738. The van der Waals surface area contributed by atoms with Crippen molar-refractivity contribution in [3.63, 3.8) is 0 Å². The van der Waals surface area contributed by atoms with E-state index in [2.05, 4.69) is 188 Å². The Morgan fingerprint density at radius 2 is 1.09 bits per heavy atom. The molecular weight excluding hydrogens is 703 g/mol. The molecule has 0 atom stereocenters. The predicted octanol–water partition coefficient (Wildman–Crippen LogP) is 14.0. The number of para-hydroxylation sites is 2. The van der Waals surface area contributed by atoms with Crippen molar-refractivity contribution in [2.75, 3.05) is 0 Å². The average Bonchev–Trinajstić information content (AvgIpc) is 3.56. The molecule has 11 rings (SSSR count). The summed E-state index contributed by atoms with van der Waals surface area (Å²) in [5, 5.41) is 7.30. The number of hydrogen-bond donors (Lipinski definition) is 0. The van der Waals surface area contributed by atoms with E-state index in [0.717, 1.165) is 50.3 Å². The number of nitrogens with zero attached hydrogens (tertiary/aromatic N) is 3. The molecule has 1 aliphatic carbocycles. The van der Waals surface area contributed by atoms with E-state index in [0.29, 0.717) is 0 Å². The highest BCUT2D eigenvalue weighted by Crippen LogP contribution is 2.50. The van der Waals surface area contributed by atoms with Gasteiger partial charge < -0.3 is 0 Å². The topological polar surface area (TPSA) is 30.7 Å². The van der Waals surface area contributed by atoms with Crippen molar-refractivity contribution in [3.05, 3.63) is 234 Å². The van der Waals surface area contributed by atoms with Crippen LogP contribution in [-0.2, 0) is 0 Å². The third kappa shape index (κ3) is 5.28.